The minimum atomic E-state index is -0.0905. The van der Waals surface area contributed by atoms with Gasteiger partial charge in [-0.05, 0) is 18.4 Å². The van der Waals surface area contributed by atoms with E-state index in [1.807, 2.05) is 18.2 Å². The summed E-state index contributed by atoms with van der Waals surface area (Å²) in [5.74, 6) is -0.0905. The summed E-state index contributed by atoms with van der Waals surface area (Å²) in [6.07, 6.45) is 2.00. The van der Waals surface area contributed by atoms with Crippen LogP contribution in [0, 0.1) is 0 Å². The average molecular weight is 271 g/mol. The maximum Gasteiger partial charge on any atom is 0.233 e. The van der Waals surface area contributed by atoms with Crippen LogP contribution in [0.25, 0.3) is 0 Å². The molecule has 102 valence electrons. The number of carbonyl (C=O) groups excluding carboxylic acids is 1. The van der Waals surface area contributed by atoms with Gasteiger partial charge in [0.15, 0.2) is 0 Å². The van der Waals surface area contributed by atoms with Gasteiger partial charge in [-0.25, -0.2) is 0 Å². The molecule has 0 heterocycles. The standard InChI is InChI=1S/C14H22N2O.ClH/c1-3-14(4-2,11-16-13(17)10-15)12-8-6-5-7-9-12;/h5-9H,3-4,10-11,15H2,1-2H3,(H,16,17);1H. The zero-order chi connectivity index (χ0) is 12.7. The number of hydrogen-bond donors (Lipinski definition) is 2. The van der Waals surface area contributed by atoms with Gasteiger partial charge in [0.1, 0.15) is 0 Å². The predicted octanol–water partition coefficient (Wildman–Crippen LogP) is 2.24. The highest BCUT2D eigenvalue weighted by atomic mass is 35.5. The van der Waals surface area contributed by atoms with Gasteiger partial charge in [0.25, 0.3) is 0 Å². The summed E-state index contributed by atoms with van der Waals surface area (Å²) >= 11 is 0. The minimum Gasteiger partial charge on any atom is -0.354 e. The van der Waals surface area contributed by atoms with Crippen LogP contribution in [0.15, 0.2) is 30.3 Å². The summed E-state index contributed by atoms with van der Waals surface area (Å²) in [7, 11) is 0. The van der Waals surface area contributed by atoms with Gasteiger partial charge < -0.3 is 11.1 Å². The molecule has 0 fully saturated rings. The molecule has 18 heavy (non-hydrogen) atoms. The first kappa shape index (κ1) is 16.9. The van der Waals surface area contributed by atoms with E-state index in [9.17, 15) is 4.79 Å². The van der Waals surface area contributed by atoms with Crippen molar-refractivity contribution in [2.45, 2.75) is 32.1 Å². The SMILES string of the molecule is CCC(CC)(CNC(=O)CN)c1ccccc1.Cl. The van der Waals surface area contributed by atoms with Gasteiger partial charge in [-0.2, -0.15) is 0 Å². The van der Waals surface area contributed by atoms with E-state index in [1.54, 1.807) is 0 Å². The first-order valence-corrected chi connectivity index (χ1v) is 6.21. The van der Waals surface area contributed by atoms with Crippen molar-refractivity contribution in [2.24, 2.45) is 5.73 Å². The third kappa shape index (κ3) is 4.00. The van der Waals surface area contributed by atoms with Crippen LogP contribution in [0.2, 0.25) is 0 Å². The highest BCUT2D eigenvalue weighted by Crippen LogP contribution is 2.30. The van der Waals surface area contributed by atoms with E-state index < -0.39 is 0 Å². The van der Waals surface area contributed by atoms with Crippen molar-refractivity contribution in [1.29, 1.82) is 0 Å². The van der Waals surface area contributed by atoms with Crippen molar-refractivity contribution in [3.05, 3.63) is 35.9 Å². The van der Waals surface area contributed by atoms with Gasteiger partial charge in [-0.3, -0.25) is 4.79 Å². The minimum absolute atomic E-state index is 0. The summed E-state index contributed by atoms with van der Waals surface area (Å²) in [6, 6.07) is 10.3. The topological polar surface area (TPSA) is 55.1 Å². The first-order valence-electron chi connectivity index (χ1n) is 6.21. The Bertz CT molecular complexity index is 350. The van der Waals surface area contributed by atoms with Gasteiger partial charge in [0.2, 0.25) is 5.91 Å². The summed E-state index contributed by atoms with van der Waals surface area (Å²) in [6.45, 7) is 5.02. The molecule has 1 rings (SSSR count). The van der Waals surface area contributed by atoms with Crippen LogP contribution in [0.4, 0.5) is 0 Å². The van der Waals surface area contributed by atoms with Crippen LogP contribution >= 0.6 is 12.4 Å². The van der Waals surface area contributed by atoms with Crippen molar-refractivity contribution in [2.75, 3.05) is 13.1 Å². The number of hydrogen-bond acceptors (Lipinski definition) is 2. The van der Waals surface area contributed by atoms with E-state index >= 15 is 0 Å². The van der Waals surface area contributed by atoms with Crippen LogP contribution in [0.3, 0.4) is 0 Å². The Morgan fingerprint density at radius 2 is 1.78 bits per heavy atom. The van der Waals surface area contributed by atoms with Gasteiger partial charge in [0, 0.05) is 12.0 Å². The normalized spacial score (nSPS) is 10.6. The molecule has 3 nitrogen and oxygen atoms in total. The molecule has 0 aliphatic heterocycles. The molecule has 0 atom stereocenters. The fourth-order valence-corrected chi connectivity index (χ4v) is 2.14. The van der Waals surface area contributed by atoms with Crippen molar-refractivity contribution < 1.29 is 4.79 Å². The number of carbonyl (C=O) groups is 1. The van der Waals surface area contributed by atoms with E-state index in [0.29, 0.717) is 6.54 Å². The molecule has 0 saturated carbocycles. The molecule has 0 aromatic heterocycles. The molecule has 1 amide bonds. The molecule has 0 aliphatic carbocycles. The number of amides is 1. The van der Waals surface area contributed by atoms with Crippen LogP contribution in [-0.4, -0.2) is 19.0 Å². The van der Waals surface area contributed by atoms with Crippen molar-refractivity contribution in [1.82, 2.24) is 5.32 Å². The van der Waals surface area contributed by atoms with E-state index in [1.165, 1.54) is 5.56 Å². The summed E-state index contributed by atoms with van der Waals surface area (Å²) < 4.78 is 0. The Morgan fingerprint density at radius 3 is 2.22 bits per heavy atom. The smallest absolute Gasteiger partial charge is 0.233 e. The third-order valence-electron chi connectivity index (χ3n) is 3.55. The lowest BCUT2D eigenvalue weighted by Crippen LogP contribution is -2.42. The molecule has 0 unspecified atom stereocenters. The maximum absolute atomic E-state index is 11.3. The lowest BCUT2D eigenvalue weighted by Gasteiger charge is -2.32. The first-order chi connectivity index (χ1) is 8.18. The van der Waals surface area contributed by atoms with E-state index in [-0.39, 0.29) is 30.3 Å². The fourth-order valence-electron chi connectivity index (χ4n) is 2.14. The molecule has 1 aromatic carbocycles. The molecule has 0 radical (unpaired) electrons. The Kier molecular flexibility index (Phi) is 7.64. The number of halogens is 1. The second kappa shape index (κ2) is 8.11. The lowest BCUT2D eigenvalue weighted by atomic mass is 9.76. The van der Waals surface area contributed by atoms with E-state index in [4.69, 9.17) is 5.73 Å². The Balaban J connectivity index is 0.00000289. The molecule has 0 saturated heterocycles. The zero-order valence-corrected chi connectivity index (χ0v) is 11.9. The predicted molar refractivity (Wildman–Crippen MR) is 78.0 cm³/mol. The molecule has 4 heteroatoms. The highest BCUT2D eigenvalue weighted by Gasteiger charge is 2.28. The number of rotatable bonds is 6. The van der Waals surface area contributed by atoms with Crippen molar-refractivity contribution in [3.8, 4) is 0 Å². The lowest BCUT2D eigenvalue weighted by molar-refractivity contribution is -0.120. The second-order valence-corrected chi connectivity index (χ2v) is 4.33. The number of benzene rings is 1. The fraction of sp³-hybridized carbons (Fsp3) is 0.500. The van der Waals surface area contributed by atoms with Crippen molar-refractivity contribution in [3.63, 3.8) is 0 Å². The van der Waals surface area contributed by atoms with Gasteiger partial charge in [-0.1, -0.05) is 44.2 Å². The second-order valence-electron chi connectivity index (χ2n) is 4.33. The number of nitrogens with two attached hydrogens (primary N) is 1. The Morgan fingerprint density at radius 1 is 1.22 bits per heavy atom. The monoisotopic (exact) mass is 270 g/mol. The molecule has 1 aromatic rings. The molecule has 0 aliphatic rings. The quantitative estimate of drug-likeness (QED) is 0.833. The van der Waals surface area contributed by atoms with Crippen LogP contribution in [0.5, 0.6) is 0 Å². The van der Waals surface area contributed by atoms with Crippen molar-refractivity contribution >= 4 is 18.3 Å². The van der Waals surface area contributed by atoms with Gasteiger partial charge >= 0.3 is 0 Å². The highest BCUT2D eigenvalue weighted by molar-refractivity contribution is 5.85. The Hall–Kier alpha value is -1.06. The number of nitrogens with one attached hydrogen (secondary N) is 1. The third-order valence-corrected chi connectivity index (χ3v) is 3.55. The Labute approximate surface area is 116 Å². The van der Waals surface area contributed by atoms with Crippen LogP contribution in [-0.2, 0) is 10.2 Å². The summed E-state index contributed by atoms with van der Waals surface area (Å²) in [5.41, 5.74) is 6.61. The zero-order valence-electron chi connectivity index (χ0n) is 11.1. The molecule has 3 N–H and O–H groups in total. The van der Waals surface area contributed by atoms with E-state index in [2.05, 4.69) is 31.3 Å². The van der Waals surface area contributed by atoms with Crippen LogP contribution < -0.4 is 11.1 Å². The largest absolute Gasteiger partial charge is 0.354 e. The average Bonchev–Trinajstić information content (AvgIpc) is 2.41. The van der Waals surface area contributed by atoms with E-state index in [0.717, 1.165) is 12.8 Å². The summed E-state index contributed by atoms with van der Waals surface area (Å²) in [4.78, 5) is 11.3. The molecular formula is C14H23ClN2O. The molecule has 0 bridgehead atoms. The molecular weight excluding hydrogens is 248 g/mol. The van der Waals surface area contributed by atoms with Gasteiger partial charge in [0.05, 0.1) is 6.54 Å². The molecule has 0 spiro atoms. The summed E-state index contributed by atoms with van der Waals surface area (Å²) in [5, 5.41) is 2.91. The van der Waals surface area contributed by atoms with Crippen LogP contribution in [0.1, 0.15) is 32.3 Å². The maximum atomic E-state index is 11.3. The van der Waals surface area contributed by atoms with Gasteiger partial charge in [-0.15, -0.1) is 12.4 Å².